The molecule has 4 rings (SSSR count). The van der Waals surface area contributed by atoms with Crippen LogP contribution in [0.1, 0.15) is 23.8 Å². The summed E-state index contributed by atoms with van der Waals surface area (Å²) in [6, 6.07) is 13.2. The second-order valence-electron chi connectivity index (χ2n) is 6.30. The monoisotopic (exact) mass is 431 g/mol. The van der Waals surface area contributed by atoms with E-state index in [1.54, 1.807) is 11.0 Å². The van der Waals surface area contributed by atoms with Crippen molar-refractivity contribution in [3.8, 4) is 11.4 Å². The number of aryl methyl sites for hydroxylation is 1. The molecule has 5 nitrogen and oxygen atoms in total. The molecule has 1 aromatic heterocycles. The molecule has 1 saturated heterocycles. The molecule has 2 heterocycles. The minimum Gasteiger partial charge on any atom is -0.339 e. The Hall–Kier alpha value is -2.18. The maximum Gasteiger partial charge on any atom is 0.232 e. The molecule has 1 atom stereocenters. The van der Waals surface area contributed by atoms with Crippen LogP contribution in [0.3, 0.4) is 0 Å². The van der Waals surface area contributed by atoms with E-state index < -0.39 is 0 Å². The summed E-state index contributed by atoms with van der Waals surface area (Å²) < 4.78 is 6.43. The number of carbonyl (C=O) groups excluding carboxylic acids is 1. The van der Waals surface area contributed by atoms with Crippen molar-refractivity contribution >= 4 is 39.1 Å². The number of nitrogens with zero attached hydrogens (tertiary/aromatic N) is 3. The van der Waals surface area contributed by atoms with Crippen LogP contribution in [0.25, 0.3) is 11.4 Å². The highest BCUT2D eigenvalue weighted by molar-refractivity contribution is 9.10. The van der Waals surface area contributed by atoms with E-state index in [-0.39, 0.29) is 11.8 Å². The lowest BCUT2D eigenvalue weighted by atomic mass is 10.1. The van der Waals surface area contributed by atoms with Crippen LogP contribution in [0.4, 0.5) is 5.69 Å². The van der Waals surface area contributed by atoms with E-state index in [2.05, 4.69) is 26.1 Å². The van der Waals surface area contributed by atoms with Gasteiger partial charge >= 0.3 is 0 Å². The quantitative estimate of drug-likeness (QED) is 0.585. The van der Waals surface area contributed by atoms with E-state index in [0.29, 0.717) is 29.7 Å². The number of halogens is 2. The minimum atomic E-state index is -0.116. The molecule has 0 radical (unpaired) electrons. The molecule has 0 spiro atoms. The molecule has 132 valence electrons. The molecule has 0 saturated carbocycles. The van der Waals surface area contributed by atoms with Crippen LogP contribution in [0.15, 0.2) is 51.5 Å². The highest BCUT2D eigenvalue weighted by Gasteiger charge is 2.35. The maximum absolute atomic E-state index is 12.5. The molecular formula is C19H15BrClN3O2. The average molecular weight is 433 g/mol. The SMILES string of the molecule is Cc1cc(Cl)ccc1N1CC(c2nc(-c3ccc(Br)cc3)no2)CC1=O. The third-order valence-electron chi connectivity index (χ3n) is 4.47. The second kappa shape index (κ2) is 6.85. The van der Waals surface area contributed by atoms with Crippen molar-refractivity contribution in [2.75, 3.05) is 11.4 Å². The lowest BCUT2D eigenvalue weighted by Crippen LogP contribution is -2.25. The fraction of sp³-hybridized carbons (Fsp3) is 0.211. The van der Waals surface area contributed by atoms with Gasteiger partial charge in [-0.2, -0.15) is 4.98 Å². The van der Waals surface area contributed by atoms with Gasteiger partial charge in [-0.25, -0.2) is 0 Å². The number of hydrogen-bond donors (Lipinski definition) is 0. The van der Waals surface area contributed by atoms with Crippen molar-refractivity contribution in [1.29, 1.82) is 0 Å². The first-order chi connectivity index (χ1) is 12.5. The highest BCUT2D eigenvalue weighted by Crippen LogP contribution is 2.34. The molecule has 1 fully saturated rings. The summed E-state index contributed by atoms with van der Waals surface area (Å²) in [5.74, 6) is 0.949. The molecule has 1 aliphatic heterocycles. The first kappa shape index (κ1) is 17.2. The predicted octanol–water partition coefficient (Wildman–Crippen LogP) is 4.98. The number of aromatic nitrogens is 2. The first-order valence-corrected chi connectivity index (χ1v) is 9.34. The van der Waals surface area contributed by atoms with Gasteiger partial charge in [0.25, 0.3) is 0 Å². The zero-order valence-electron chi connectivity index (χ0n) is 13.9. The number of hydrogen-bond acceptors (Lipinski definition) is 4. The Morgan fingerprint density at radius 3 is 2.73 bits per heavy atom. The van der Waals surface area contributed by atoms with Gasteiger partial charge in [0.05, 0.1) is 5.92 Å². The Labute approximate surface area is 164 Å². The first-order valence-electron chi connectivity index (χ1n) is 8.17. The van der Waals surface area contributed by atoms with E-state index in [1.807, 2.05) is 43.3 Å². The molecule has 0 aliphatic carbocycles. The highest BCUT2D eigenvalue weighted by atomic mass is 79.9. The number of rotatable bonds is 3. The summed E-state index contributed by atoms with van der Waals surface area (Å²) in [7, 11) is 0. The predicted molar refractivity (Wildman–Crippen MR) is 103 cm³/mol. The normalized spacial score (nSPS) is 17.1. The Kier molecular flexibility index (Phi) is 4.54. The van der Waals surface area contributed by atoms with Crippen molar-refractivity contribution in [3.63, 3.8) is 0 Å². The summed E-state index contributed by atoms with van der Waals surface area (Å²) in [6.07, 6.45) is 0.351. The van der Waals surface area contributed by atoms with E-state index in [1.165, 1.54) is 0 Å². The van der Waals surface area contributed by atoms with Crippen molar-refractivity contribution in [3.05, 3.63) is 63.4 Å². The summed E-state index contributed by atoms with van der Waals surface area (Å²) >= 11 is 9.42. The van der Waals surface area contributed by atoms with Crippen molar-refractivity contribution in [1.82, 2.24) is 10.1 Å². The lowest BCUT2D eigenvalue weighted by molar-refractivity contribution is -0.117. The number of anilines is 1. The van der Waals surface area contributed by atoms with Crippen LogP contribution in [-0.4, -0.2) is 22.6 Å². The zero-order chi connectivity index (χ0) is 18.3. The molecule has 26 heavy (non-hydrogen) atoms. The fourth-order valence-corrected chi connectivity index (χ4v) is 3.64. The Balaban J connectivity index is 1.56. The Bertz CT molecular complexity index is 971. The molecule has 2 aromatic carbocycles. The molecule has 1 aliphatic rings. The third kappa shape index (κ3) is 3.27. The van der Waals surface area contributed by atoms with Crippen LogP contribution in [0, 0.1) is 6.92 Å². The van der Waals surface area contributed by atoms with Crippen LogP contribution in [0.5, 0.6) is 0 Å². The van der Waals surface area contributed by atoms with Gasteiger partial charge in [-0.1, -0.05) is 32.7 Å². The topological polar surface area (TPSA) is 59.2 Å². The Morgan fingerprint density at radius 1 is 1.23 bits per heavy atom. The fourth-order valence-electron chi connectivity index (χ4n) is 3.14. The van der Waals surface area contributed by atoms with Crippen molar-refractivity contribution in [2.24, 2.45) is 0 Å². The van der Waals surface area contributed by atoms with E-state index in [9.17, 15) is 4.79 Å². The summed E-state index contributed by atoms with van der Waals surface area (Å²) in [6.45, 7) is 2.46. The zero-order valence-corrected chi connectivity index (χ0v) is 16.3. The largest absolute Gasteiger partial charge is 0.339 e. The molecular weight excluding hydrogens is 418 g/mol. The van der Waals surface area contributed by atoms with E-state index >= 15 is 0 Å². The van der Waals surface area contributed by atoms with Gasteiger partial charge in [0.15, 0.2) is 0 Å². The molecule has 7 heteroatoms. The standard InChI is InChI=1S/C19H15BrClN3O2/c1-11-8-15(21)6-7-16(11)24-10-13(9-17(24)25)19-22-18(23-26-19)12-2-4-14(20)5-3-12/h2-8,13H,9-10H2,1H3. The van der Waals surface area contributed by atoms with E-state index in [0.717, 1.165) is 21.3 Å². The number of amides is 1. The van der Waals surface area contributed by atoms with Crippen LogP contribution in [0.2, 0.25) is 5.02 Å². The van der Waals surface area contributed by atoms with Gasteiger partial charge in [-0.05, 0) is 55.0 Å². The van der Waals surface area contributed by atoms with Crippen LogP contribution in [-0.2, 0) is 4.79 Å². The van der Waals surface area contributed by atoms with Gasteiger partial charge < -0.3 is 9.42 Å². The second-order valence-corrected chi connectivity index (χ2v) is 7.65. The van der Waals surface area contributed by atoms with Crippen molar-refractivity contribution < 1.29 is 9.32 Å². The van der Waals surface area contributed by atoms with Gasteiger partial charge in [-0.3, -0.25) is 4.79 Å². The van der Waals surface area contributed by atoms with Gasteiger partial charge in [0.2, 0.25) is 17.6 Å². The lowest BCUT2D eigenvalue weighted by Gasteiger charge is -2.18. The minimum absolute atomic E-state index is 0.0452. The average Bonchev–Trinajstić information content (AvgIpc) is 3.23. The van der Waals surface area contributed by atoms with Gasteiger partial charge in [0, 0.05) is 33.7 Å². The van der Waals surface area contributed by atoms with Gasteiger partial charge in [-0.15, -0.1) is 0 Å². The Morgan fingerprint density at radius 2 is 2.00 bits per heavy atom. The number of carbonyl (C=O) groups is 1. The summed E-state index contributed by atoms with van der Waals surface area (Å²) in [5.41, 5.74) is 2.71. The van der Waals surface area contributed by atoms with Crippen LogP contribution < -0.4 is 4.90 Å². The number of benzene rings is 2. The summed E-state index contributed by atoms with van der Waals surface area (Å²) in [5, 5.41) is 4.72. The molecule has 0 N–H and O–H groups in total. The summed E-state index contributed by atoms with van der Waals surface area (Å²) in [4.78, 5) is 18.8. The van der Waals surface area contributed by atoms with Gasteiger partial charge in [0.1, 0.15) is 0 Å². The molecule has 3 aromatic rings. The van der Waals surface area contributed by atoms with E-state index in [4.69, 9.17) is 16.1 Å². The smallest absolute Gasteiger partial charge is 0.232 e. The van der Waals surface area contributed by atoms with Crippen LogP contribution >= 0.6 is 27.5 Å². The molecule has 1 unspecified atom stereocenters. The third-order valence-corrected chi connectivity index (χ3v) is 5.23. The molecule has 1 amide bonds. The molecule has 0 bridgehead atoms. The van der Waals surface area contributed by atoms with Crippen molar-refractivity contribution in [2.45, 2.75) is 19.3 Å². The maximum atomic E-state index is 12.5.